The van der Waals surface area contributed by atoms with E-state index in [2.05, 4.69) is 57.6 Å². The van der Waals surface area contributed by atoms with Crippen molar-refractivity contribution in [2.45, 2.75) is 20.4 Å². The van der Waals surface area contributed by atoms with Gasteiger partial charge in [-0.2, -0.15) is 0 Å². The zero-order valence-electron chi connectivity index (χ0n) is 9.25. The molecule has 4 heteroatoms. The first kappa shape index (κ1) is 11.6. The SMILES string of the molecule is Cc1cc(C)c(NCc2cscn2)c(Br)c1. The Balaban J connectivity index is 2.15. The molecule has 1 N–H and O–H groups in total. The summed E-state index contributed by atoms with van der Waals surface area (Å²) in [5, 5.41) is 5.47. The number of hydrogen-bond acceptors (Lipinski definition) is 3. The average molecular weight is 297 g/mol. The van der Waals surface area contributed by atoms with Gasteiger partial charge in [0.05, 0.1) is 23.4 Å². The number of halogens is 1. The molecule has 1 aromatic carbocycles. The Kier molecular flexibility index (Phi) is 3.61. The predicted molar refractivity (Wildman–Crippen MR) is 73.1 cm³/mol. The van der Waals surface area contributed by atoms with Crippen molar-refractivity contribution in [2.75, 3.05) is 5.32 Å². The molecule has 0 unspecified atom stereocenters. The molecule has 0 aliphatic rings. The third-order valence-electron chi connectivity index (χ3n) is 2.36. The summed E-state index contributed by atoms with van der Waals surface area (Å²) in [5.41, 5.74) is 6.61. The van der Waals surface area contributed by atoms with Gasteiger partial charge in [-0.25, -0.2) is 4.98 Å². The van der Waals surface area contributed by atoms with Gasteiger partial charge < -0.3 is 5.32 Å². The Bertz CT molecular complexity index is 457. The number of nitrogens with zero attached hydrogens (tertiary/aromatic N) is 1. The normalized spacial score (nSPS) is 10.4. The van der Waals surface area contributed by atoms with Crippen molar-refractivity contribution >= 4 is 33.0 Å². The lowest BCUT2D eigenvalue weighted by Crippen LogP contribution is -2.02. The minimum absolute atomic E-state index is 0.770. The Morgan fingerprint density at radius 3 is 2.81 bits per heavy atom. The van der Waals surface area contributed by atoms with Crippen LogP contribution in [0.3, 0.4) is 0 Å². The Hall–Kier alpha value is -0.870. The maximum atomic E-state index is 4.25. The zero-order chi connectivity index (χ0) is 11.5. The van der Waals surface area contributed by atoms with Gasteiger partial charge in [0, 0.05) is 9.85 Å². The molecule has 0 fully saturated rings. The van der Waals surface area contributed by atoms with Gasteiger partial charge in [-0.3, -0.25) is 0 Å². The summed E-state index contributed by atoms with van der Waals surface area (Å²) in [6.45, 7) is 4.98. The fraction of sp³-hybridized carbons (Fsp3) is 0.250. The van der Waals surface area contributed by atoms with E-state index in [1.807, 2.05) is 5.51 Å². The number of hydrogen-bond donors (Lipinski definition) is 1. The number of thiazole rings is 1. The fourth-order valence-corrected chi connectivity index (χ4v) is 3.02. The molecule has 0 aliphatic heterocycles. The van der Waals surface area contributed by atoms with Gasteiger partial charge in [0.15, 0.2) is 0 Å². The van der Waals surface area contributed by atoms with Crippen molar-refractivity contribution in [3.63, 3.8) is 0 Å². The summed E-state index contributed by atoms with van der Waals surface area (Å²) >= 11 is 5.20. The standard InChI is InChI=1S/C12H13BrN2S/c1-8-3-9(2)12(11(13)4-8)14-5-10-6-16-7-15-10/h3-4,6-7,14H,5H2,1-2H3. The lowest BCUT2D eigenvalue weighted by atomic mass is 10.1. The Morgan fingerprint density at radius 2 is 2.19 bits per heavy atom. The summed E-state index contributed by atoms with van der Waals surface area (Å²) in [7, 11) is 0. The average Bonchev–Trinajstić information content (AvgIpc) is 2.68. The highest BCUT2D eigenvalue weighted by atomic mass is 79.9. The van der Waals surface area contributed by atoms with E-state index < -0.39 is 0 Å². The van der Waals surface area contributed by atoms with Crippen LogP contribution in [-0.2, 0) is 6.54 Å². The largest absolute Gasteiger partial charge is 0.378 e. The van der Waals surface area contributed by atoms with Crippen LogP contribution in [0, 0.1) is 13.8 Å². The van der Waals surface area contributed by atoms with Gasteiger partial charge in [0.25, 0.3) is 0 Å². The molecule has 84 valence electrons. The van der Waals surface area contributed by atoms with Gasteiger partial charge in [-0.1, -0.05) is 6.07 Å². The Morgan fingerprint density at radius 1 is 1.38 bits per heavy atom. The van der Waals surface area contributed by atoms with Crippen molar-refractivity contribution < 1.29 is 0 Å². The van der Waals surface area contributed by atoms with Crippen LogP contribution in [0.15, 0.2) is 27.5 Å². The molecule has 2 rings (SSSR count). The smallest absolute Gasteiger partial charge is 0.0795 e. The third-order valence-corrected chi connectivity index (χ3v) is 3.62. The second kappa shape index (κ2) is 4.97. The van der Waals surface area contributed by atoms with E-state index >= 15 is 0 Å². The van der Waals surface area contributed by atoms with Crippen molar-refractivity contribution in [3.05, 3.63) is 44.3 Å². The highest BCUT2D eigenvalue weighted by Crippen LogP contribution is 2.28. The van der Waals surface area contributed by atoms with E-state index in [0.717, 1.165) is 22.4 Å². The van der Waals surface area contributed by atoms with Crippen LogP contribution in [0.5, 0.6) is 0 Å². The fourth-order valence-electron chi connectivity index (χ4n) is 1.64. The molecular formula is C12H13BrN2S. The monoisotopic (exact) mass is 296 g/mol. The first-order valence-corrected chi connectivity index (χ1v) is 6.78. The summed E-state index contributed by atoms with van der Waals surface area (Å²) in [6, 6.07) is 4.30. The molecule has 0 spiro atoms. The van der Waals surface area contributed by atoms with Gasteiger partial charge in [-0.05, 0) is 47.0 Å². The van der Waals surface area contributed by atoms with E-state index in [0.29, 0.717) is 0 Å². The van der Waals surface area contributed by atoms with E-state index in [-0.39, 0.29) is 0 Å². The van der Waals surface area contributed by atoms with Crippen LogP contribution in [-0.4, -0.2) is 4.98 Å². The number of aryl methyl sites for hydroxylation is 2. The van der Waals surface area contributed by atoms with Crippen LogP contribution in [0.2, 0.25) is 0 Å². The molecule has 16 heavy (non-hydrogen) atoms. The minimum Gasteiger partial charge on any atom is -0.378 e. The zero-order valence-corrected chi connectivity index (χ0v) is 11.7. The second-order valence-corrected chi connectivity index (χ2v) is 5.34. The van der Waals surface area contributed by atoms with Crippen LogP contribution >= 0.6 is 27.3 Å². The molecule has 0 atom stereocenters. The molecule has 2 nitrogen and oxygen atoms in total. The van der Waals surface area contributed by atoms with Gasteiger partial charge in [-0.15, -0.1) is 11.3 Å². The first-order valence-electron chi connectivity index (χ1n) is 5.04. The van der Waals surface area contributed by atoms with Gasteiger partial charge >= 0.3 is 0 Å². The maximum absolute atomic E-state index is 4.25. The molecule has 0 bridgehead atoms. The summed E-state index contributed by atoms with van der Waals surface area (Å²) in [4.78, 5) is 4.25. The summed E-state index contributed by atoms with van der Waals surface area (Å²) < 4.78 is 1.11. The minimum atomic E-state index is 0.770. The van der Waals surface area contributed by atoms with Crippen LogP contribution in [0.4, 0.5) is 5.69 Å². The molecule has 0 saturated heterocycles. The first-order chi connectivity index (χ1) is 7.66. The molecule has 2 aromatic rings. The molecule has 1 heterocycles. The quantitative estimate of drug-likeness (QED) is 0.921. The maximum Gasteiger partial charge on any atom is 0.0795 e. The van der Waals surface area contributed by atoms with Gasteiger partial charge in [0.2, 0.25) is 0 Å². The number of anilines is 1. The number of benzene rings is 1. The third kappa shape index (κ3) is 2.62. The topological polar surface area (TPSA) is 24.9 Å². The second-order valence-electron chi connectivity index (χ2n) is 3.77. The van der Waals surface area contributed by atoms with Crippen molar-refractivity contribution in [1.82, 2.24) is 4.98 Å². The highest BCUT2D eigenvalue weighted by Gasteiger charge is 2.04. The van der Waals surface area contributed by atoms with Crippen LogP contribution in [0.1, 0.15) is 16.8 Å². The molecule has 0 aliphatic carbocycles. The summed E-state index contributed by atoms with van der Waals surface area (Å²) in [6.07, 6.45) is 0. The predicted octanol–water partition coefficient (Wildman–Crippen LogP) is 4.13. The van der Waals surface area contributed by atoms with E-state index in [1.54, 1.807) is 11.3 Å². The van der Waals surface area contributed by atoms with E-state index in [4.69, 9.17) is 0 Å². The number of nitrogens with one attached hydrogen (secondary N) is 1. The summed E-state index contributed by atoms with van der Waals surface area (Å²) in [5.74, 6) is 0. The van der Waals surface area contributed by atoms with E-state index in [9.17, 15) is 0 Å². The van der Waals surface area contributed by atoms with Crippen LogP contribution in [0.25, 0.3) is 0 Å². The van der Waals surface area contributed by atoms with Crippen molar-refractivity contribution in [2.24, 2.45) is 0 Å². The molecule has 0 radical (unpaired) electrons. The Labute approximate surface area is 108 Å². The van der Waals surface area contributed by atoms with E-state index in [1.165, 1.54) is 11.1 Å². The molecule has 0 amide bonds. The van der Waals surface area contributed by atoms with Crippen molar-refractivity contribution in [3.8, 4) is 0 Å². The molecule has 1 aromatic heterocycles. The lowest BCUT2D eigenvalue weighted by Gasteiger charge is -2.11. The van der Waals surface area contributed by atoms with Crippen LogP contribution < -0.4 is 5.32 Å². The van der Waals surface area contributed by atoms with Crippen molar-refractivity contribution in [1.29, 1.82) is 0 Å². The highest BCUT2D eigenvalue weighted by molar-refractivity contribution is 9.10. The number of aromatic nitrogens is 1. The number of rotatable bonds is 3. The molecule has 0 saturated carbocycles. The lowest BCUT2D eigenvalue weighted by molar-refractivity contribution is 1.07. The van der Waals surface area contributed by atoms with Gasteiger partial charge in [0.1, 0.15) is 0 Å². The molecular weight excluding hydrogens is 284 g/mol.